The maximum atomic E-state index is 11.1. The van der Waals surface area contributed by atoms with Crippen LogP contribution in [0.15, 0.2) is 24.3 Å². The Morgan fingerprint density at radius 1 is 1.22 bits per heavy atom. The summed E-state index contributed by atoms with van der Waals surface area (Å²) in [6, 6.07) is 8.27. The molecule has 1 aromatic carbocycles. The van der Waals surface area contributed by atoms with Gasteiger partial charge in [-0.1, -0.05) is 24.3 Å². The van der Waals surface area contributed by atoms with E-state index in [2.05, 4.69) is 17.0 Å². The van der Waals surface area contributed by atoms with E-state index in [-0.39, 0.29) is 11.8 Å². The topological polar surface area (TPSA) is 72.3 Å². The van der Waals surface area contributed by atoms with E-state index < -0.39 is 0 Å². The minimum absolute atomic E-state index is 0.0611. The van der Waals surface area contributed by atoms with Gasteiger partial charge in [0.2, 0.25) is 5.91 Å². The van der Waals surface area contributed by atoms with Gasteiger partial charge in [-0.2, -0.15) is 0 Å². The normalized spacial score (nSPS) is 17.8. The van der Waals surface area contributed by atoms with Crippen molar-refractivity contribution in [2.24, 2.45) is 17.4 Å². The van der Waals surface area contributed by atoms with Crippen LogP contribution in [0.5, 0.6) is 0 Å². The van der Waals surface area contributed by atoms with Crippen molar-refractivity contribution in [3.63, 3.8) is 0 Å². The van der Waals surface area contributed by atoms with Gasteiger partial charge in [-0.3, -0.25) is 9.69 Å². The molecule has 1 aliphatic heterocycles. The van der Waals surface area contributed by atoms with Crippen molar-refractivity contribution in [3.05, 3.63) is 35.4 Å². The Morgan fingerprint density at radius 3 is 2.39 bits per heavy atom. The zero-order valence-electron chi connectivity index (χ0n) is 10.6. The number of primary amides is 1. The third-order valence-corrected chi connectivity index (χ3v) is 3.72. The van der Waals surface area contributed by atoms with Crippen LogP contribution in [-0.2, 0) is 17.9 Å². The van der Waals surface area contributed by atoms with E-state index in [0.717, 1.165) is 32.5 Å². The number of rotatable bonds is 4. The molecule has 0 aromatic heterocycles. The Bertz CT molecular complexity index is 411. The van der Waals surface area contributed by atoms with Gasteiger partial charge in [-0.05, 0) is 37.1 Å². The molecule has 2 rings (SSSR count). The first-order valence-corrected chi connectivity index (χ1v) is 6.49. The molecule has 4 heteroatoms. The second-order valence-electron chi connectivity index (χ2n) is 4.93. The van der Waals surface area contributed by atoms with Gasteiger partial charge in [0.15, 0.2) is 0 Å². The van der Waals surface area contributed by atoms with Crippen molar-refractivity contribution in [2.45, 2.75) is 25.9 Å². The fourth-order valence-electron chi connectivity index (χ4n) is 2.53. The van der Waals surface area contributed by atoms with E-state index in [4.69, 9.17) is 11.5 Å². The first kappa shape index (κ1) is 13.1. The number of nitrogens with zero attached hydrogens (tertiary/aromatic N) is 1. The number of carbonyl (C=O) groups is 1. The third-order valence-electron chi connectivity index (χ3n) is 3.72. The number of amides is 1. The molecule has 18 heavy (non-hydrogen) atoms. The summed E-state index contributed by atoms with van der Waals surface area (Å²) in [6.07, 6.45) is 1.75. The van der Waals surface area contributed by atoms with Crippen LogP contribution in [0.25, 0.3) is 0 Å². The lowest BCUT2D eigenvalue weighted by Crippen LogP contribution is -2.38. The maximum absolute atomic E-state index is 11.1. The molecule has 0 atom stereocenters. The molecule has 0 aliphatic carbocycles. The average Bonchev–Trinajstić information content (AvgIpc) is 2.40. The van der Waals surface area contributed by atoms with Crippen molar-refractivity contribution in [1.82, 2.24) is 4.90 Å². The van der Waals surface area contributed by atoms with E-state index in [0.29, 0.717) is 6.54 Å². The summed E-state index contributed by atoms with van der Waals surface area (Å²) in [4.78, 5) is 13.5. The van der Waals surface area contributed by atoms with Crippen molar-refractivity contribution < 1.29 is 4.79 Å². The largest absolute Gasteiger partial charge is 0.369 e. The zero-order valence-corrected chi connectivity index (χ0v) is 10.6. The first-order valence-electron chi connectivity index (χ1n) is 6.49. The average molecular weight is 247 g/mol. The number of piperidine rings is 1. The van der Waals surface area contributed by atoms with Crippen LogP contribution in [0, 0.1) is 5.92 Å². The molecule has 0 spiro atoms. The summed E-state index contributed by atoms with van der Waals surface area (Å²) in [7, 11) is 0. The fraction of sp³-hybridized carbons (Fsp3) is 0.500. The molecule has 0 unspecified atom stereocenters. The molecule has 1 aliphatic rings. The van der Waals surface area contributed by atoms with Crippen LogP contribution in [-0.4, -0.2) is 23.9 Å². The minimum Gasteiger partial charge on any atom is -0.369 e. The van der Waals surface area contributed by atoms with Crippen molar-refractivity contribution in [2.75, 3.05) is 13.1 Å². The highest BCUT2D eigenvalue weighted by Gasteiger charge is 2.23. The van der Waals surface area contributed by atoms with Crippen LogP contribution < -0.4 is 11.5 Å². The Balaban J connectivity index is 1.93. The number of nitrogens with two attached hydrogens (primary N) is 2. The van der Waals surface area contributed by atoms with E-state index >= 15 is 0 Å². The standard InChI is InChI=1S/C14H21N3O/c15-9-12-3-1-2-4-13(12)10-17-7-5-11(6-8-17)14(16)18/h1-4,11H,5-10,15H2,(H2,16,18). The monoisotopic (exact) mass is 247 g/mol. The van der Waals surface area contributed by atoms with Gasteiger partial charge in [0.1, 0.15) is 0 Å². The highest BCUT2D eigenvalue weighted by molar-refractivity contribution is 5.76. The van der Waals surface area contributed by atoms with Crippen LogP contribution in [0.3, 0.4) is 0 Å². The predicted octanol–water partition coefficient (Wildman–Crippen LogP) is 0.843. The lowest BCUT2D eigenvalue weighted by atomic mass is 9.95. The molecule has 0 saturated carbocycles. The summed E-state index contributed by atoms with van der Waals surface area (Å²) < 4.78 is 0. The molecule has 4 nitrogen and oxygen atoms in total. The quantitative estimate of drug-likeness (QED) is 0.828. The van der Waals surface area contributed by atoms with Crippen LogP contribution in [0.1, 0.15) is 24.0 Å². The van der Waals surface area contributed by atoms with Crippen LogP contribution in [0.2, 0.25) is 0 Å². The Labute approximate surface area is 108 Å². The van der Waals surface area contributed by atoms with Gasteiger partial charge in [-0.25, -0.2) is 0 Å². The number of likely N-dealkylation sites (tertiary alicyclic amines) is 1. The highest BCUT2D eigenvalue weighted by Crippen LogP contribution is 2.19. The predicted molar refractivity (Wildman–Crippen MR) is 71.5 cm³/mol. The summed E-state index contributed by atoms with van der Waals surface area (Å²) >= 11 is 0. The van der Waals surface area contributed by atoms with Crippen molar-refractivity contribution >= 4 is 5.91 Å². The number of carbonyl (C=O) groups excluding carboxylic acids is 1. The summed E-state index contributed by atoms with van der Waals surface area (Å²) in [5, 5.41) is 0. The van der Waals surface area contributed by atoms with Crippen molar-refractivity contribution in [1.29, 1.82) is 0 Å². The van der Waals surface area contributed by atoms with Crippen molar-refractivity contribution in [3.8, 4) is 0 Å². The lowest BCUT2D eigenvalue weighted by molar-refractivity contribution is -0.123. The second kappa shape index (κ2) is 5.98. The first-order chi connectivity index (χ1) is 8.70. The second-order valence-corrected chi connectivity index (χ2v) is 4.93. The zero-order chi connectivity index (χ0) is 13.0. The van der Waals surface area contributed by atoms with Gasteiger partial charge >= 0.3 is 0 Å². The molecule has 1 amide bonds. The van der Waals surface area contributed by atoms with E-state index in [1.54, 1.807) is 0 Å². The molecule has 1 saturated heterocycles. The summed E-state index contributed by atoms with van der Waals surface area (Å²) in [6.45, 7) is 3.37. The SMILES string of the molecule is NCc1ccccc1CN1CCC(C(N)=O)CC1. The Morgan fingerprint density at radius 2 is 1.83 bits per heavy atom. The fourth-order valence-corrected chi connectivity index (χ4v) is 2.53. The van der Waals surface area contributed by atoms with E-state index in [1.165, 1.54) is 11.1 Å². The van der Waals surface area contributed by atoms with E-state index in [9.17, 15) is 4.79 Å². The molecule has 0 radical (unpaired) electrons. The maximum Gasteiger partial charge on any atom is 0.220 e. The molecule has 1 heterocycles. The molecule has 4 N–H and O–H groups in total. The molecular weight excluding hydrogens is 226 g/mol. The molecule has 98 valence electrons. The molecule has 1 aromatic rings. The third kappa shape index (κ3) is 3.09. The van der Waals surface area contributed by atoms with Crippen LogP contribution in [0.4, 0.5) is 0 Å². The molecular formula is C14H21N3O. The summed E-state index contributed by atoms with van der Waals surface area (Å²) in [5.41, 5.74) is 13.6. The van der Waals surface area contributed by atoms with Gasteiger partial charge in [0, 0.05) is 19.0 Å². The lowest BCUT2D eigenvalue weighted by Gasteiger charge is -2.30. The van der Waals surface area contributed by atoms with E-state index in [1.807, 2.05) is 12.1 Å². The summed E-state index contributed by atoms with van der Waals surface area (Å²) in [5.74, 6) is -0.0944. The molecule has 1 fully saturated rings. The van der Waals surface area contributed by atoms with Gasteiger partial charge in [0.05, 0.1) is 0 Å². The van der Waals surface area contributed by atoms with Gasteiger partial charge in [0.25, 0.3) is 0 Å². The van der Waals surface area contributed by atoms with Crippen LogP contribution >= 0.6 is 0 Å². The highest BCUT2D eigenvalue weighted by atomic mass is 16.1. The van der Waals surface area contributed by atoms with Gasteiger partial charge < -0.3 is 11.5 Å². The number of hydrogen-bond acceptors (Lipinski definition) is 3. The van der Waals surface area contributed by atoms with Gasteiger partial charge in [-0.15, -0.1) is 0 Å². The smallest absolute Gasteiger partial charge is 0.220 e. The molecule has 0 bridgehead atoms. The Kier molecular flexibility index (Phi) is 4.33. The minimum atomic E-state index is -0.156. The number of benzene rings is 1. The Hall–Kier alpha value is -1.39. The number of hydrogen-bond donors (Lipinski definition) is 2.